The van der Waals surface area contributed by atoms with E-state index in [0.29, 0.717) is 18.4 Å². The van der Waals surface area contributed by atoms with Crippen LogP contribution in [0.1, 0.15) is 36.8 Å². The SMILES string of the molecule is N#Cc1ccc(/C=C/C(=O)OCC(=O)NC2(C#N)CCCC2)cc1. The largest absolute Gasteiger partial charge is 0.452 e. The molecule has 0 atom stereocenters. The average molecular weight is 323 g/mol. The van der Waals surface area contributed by atoms with E-state index in [0.717, 1.165) is 18.4 Å². The van der Waals surface area contributed by atoms with Crippen molar-refractivity contribution < 1.29 is 14.3 Å². The third kappa shape index (κ3) is 4.69. The molecule has 1 aliphatic carbocycles. The van der Waals surface area contributed by atoms with Crippen LogP contribution in [0.2, 0.25) is 0 Å². The maximum absolute atomic E-state index is 11.8. The molecule has 1 aromatic rings. The Bertz CT molecular complexity index is 717. The zero-order valence-electron chi connectivity index (χ0n) is 13.1. The van der Waals surface area contributed by atoms with Gasteiger partial charge in [-0.15, -0.1) is 0 Å². The van der Waals surface area contributed by atoms with Crippen LogP contribution < -0.4 is 5.32 Å². The average Bonchev–Trinajstić information content (AvgIpc) is 3.07. The van der Waals surface area contributed by atoms with Crippen LogP contribution >= 0.6 is 0 Å². The van der Waals surface area contributed by atoms with E-state index in [4.69, 9.17) is 10.00 Å². The van der Waals surface area contributed by atoms with Gasteiger partial charge in [-0.2, -0.15) is 10.5 Å². The van der Waals surface area contributed by atoms with Crippen LogP contribution in [0, 0.1) is 22.7 Å². The van der Waals surface area contributed by atoms with Crippen LogP contribution in [-0.2, 0) is 14.3 Å². The lowest BCUT2D eigenvalue weighted by Gasteiger charge is -2.21. The molecule has 1 N–H and O–H groups in total. The Labute approximate surface area is 140 Å². The van der Waals surface area contributed by atoms with Gasteiger partial charge in [-0.05, 0) is 49.5 Å². The molecular formula is C18H17N3O3. The topological polar surface area (TPSA) is 103 Å². The molecule has 0 unspecified atom stereocenters. The van der Waals surface area contributed by atoms with Crippen LogP contribution in [0.4, 0.5) is 0 Å². The summed E-state index contributed by atoms with van der Waals surface area (Å²) in [6.45, 7) is -0.417. The second-order valence-corrected chi connectivity index (χ2v) is 5.62. The van der Waals surface area contributed by atoms with Crippen molar-refractivity contribution >= 4 is 18.0 Å². The van der Waals surface area contributed by atoms with Crippen molar-refractivity contribution in [3.05, 3.63) is 41.5 Å². The van der Waals surface area contributed by atoms with Gasteiger partial charge < -0.3 is 10.1 Å². The molecular weight excluding hydrogens is 306 g/mol. The van der Waals surface area contributed by atoms with E-state index in [1.165, 1.54) is 12.2 Å². The van der Waals surface area contributed by atoms with E-state index in [-0.39, 0.29) is 0 Å². The Morgan fingerprint density at radius 3 is 2.46 bits per heavy atom. The van der Waals surface area contributed by atoms with E-state index in [2.05, 4.69) is 11.4 Å². The molecule has 2 rings (SSSR count). The van der Waals surface area contributed by atoms with Crippen LogP contribution in [0.3, 0.4) is 0 Å². The van der Waals surface area contributed by atoms with Gasteiger partial charge in [-0.1, -0.05) is 12.1 Å². The minimum atomic E-state index is -0.818. The second-order valence-electron chi connectivity index (χ2n) is 5.62. The summed E-state index contributed by atoms with van der Waals surface area (Å²) in [6, 6.07) is 10.8. The molecule has 1 saturated carbocycles. The maximum atomic E-state index is 11.8. The molecule has 0 heterocycles. The highest BCUT2D eigenvalue weighted by molar-refractivity contribution is 5.89. The molecule has 0 aromatic heterocycles. The number of ether oxygens (including phenoxy) is 1. The fourth-order valence-electron chi connectivity index (χ4n) is 2.56. The molecule has 122 valence electrons. The summed E-state index contributed by atoms with van der Waals surface area (Å²) >= 11 is 0. The molecule has 0 radical (unpaired) electrons. The van der Waals surface area contributed by atoms with Crippen molar-refractivity contribution in [1.82, 2.24) is 5.32 Å². The first-order chi connectivity index (χ1) is 11.6. The van der Waals surface area contributed by atoms with E-state index < -0.39 is 24.0 Å². The van der Waals surface area contributed by atoms with Gasteiger partial charge in [0.2, 0.25) is 0 Å². The third-order valence-electron chi connectivity index (χ3n) is 3.85. The summed E-state index contributed by atoms with van der Waals surface area (Å²) in [7, 11) is 0. The van der Waals surface area contributed by atoms with Crippen molar-refractivity contribution in [2.45, 2.75) is 31.2 Å². The summed E-state index contributed by atoms with van der Waals surface area (Å²) in [6.07, 6.45) is 5.81. The van der Waals surface area contributed by atoms with E-state index in [9.17, 15) is 14.9 Å². The highest BCUT2D eigenvalue weighted by Gasteiger charge is 2.35. The smallest absolute Gasteiger partial charge is 0.331 e. The highest BCUT2D eigenvalue weighted by Crippen LogP contribution is 2.28. The standard InChI is InChI=1S/C18H17N3O3/c19-11-15-5-3-14(4-6-15)7-8-17(23)24-12-16(22)21-18(13-20)9-1-2-10-18/h3-8H,1-2,9-10,12H2,(H,21,22)/b8-7+. The van der Waals surface area contributed by atoms with Crippen molar-refractivity contribution in [2.24, 2.45) is 0 Å². The van der Waals surface area contributed by atoms with Gasteiger partial charge in [-0.25, -0.2) is 4.79 Å². The monoisotopic (exact) mass is 323 g/mol. The molecule has 0 saturated heterocycles. The number of carbonyl (C=O) groups is 2. The van der Waals surface area contributed by atoms with Crippen molar-refractivity contribution in [3.63, 3.8) is 0 Å². The quantitative estimate of drug-likeness (QED) is 0.660. The van der Waals surface area contributed by atoms with Crippen molar-refractivity contribution in [3.8, 4) is 12.1 Å². The molecule has 0 aliphatic heterocycles. The van der Waals surface area contributed by atoms with Gasteiger partial charge in [0.15, 0.2) is 6.61 Å². The normalized spacial score (nSPS) is 15.4. The van der Waals surface area contributed by atoms with E-state index in [1.54, 1.807) is 24.3 Å². The van der Waals surface area contributed by atoms with Crippen LogP contribution in [-0.4, -0.2) is 24.0 Å². The lowest BCUT2D eigenvalue weighted by atomic mass is 10.00. The lowest BCUT2D eigenvalue weighted by Crippen LogP contribution is -2.46. The van der Waals surface area contributed by atoms with Gasteiger partial charge in [0, 0.05) is 6.08 Å². The van der Waals surface area contributed by atoms with E-state index in [1.807, 2.05) is 6.07 Å². The fourth-order valence-corrected chi connectivity index (χ4v) is 2.56. The van der Waals surface area contributed by atoms with Gasteiger partial charge in [0.1, 0.15) is 5.54 Å². The van der Waals surface area contributed by atoms with Gasteiger partial charge in [0.25, 0.3) is 5.91 Å². The molecule has 1 aromatic carbocycles. The fraction of sp³-hybridized carbons (Fsp3) is 0.333. The zero-order chi connectivity index (χ0) is 17.4. The summed E-state index contributed by atoms with van der Waals surface area (Å²) in [5.41, 5.74) is 0.455. The maximum Gasteiger partial charge on any atom is 0.331 e. The molecule has 6 nitrogen and oxygen atoms in total. The first-order valence-electron chi connectivity index (χ1n) is 7.64. The number of nitrogens with one attached hydrogen (secondary N) is 1. The van der Waals surface area contributed by atoms with E-state index >= 15 is 0 Å². The van der Waals surface area contributed by atoms with Gasteiger partial charge >= 0.3 is 5.97 Å². The van der Waals surface area contributed by atoms with Crippen LogP contribution in [0.5, 0.6) is 0 Å². The third-order valence-corrected chi connectivity index (χ3v) is 3.85. The molecule has 1 amide bonds. The van der Waals surface area contributed by atoms with Crippen LogP contribution in [0.25, 0.3) is 6.08 Å². The highest BCUT2D eigenvalue weighted by atomic mass is 16.5. The Kier molecular flexibility index (Phi) is 5.70. The van der Waals surface area contributed by atoms with Gasteiger partial charge in [-0.3, -0.25) is 4.79 Å². The molecule has 1 aliphatic rings. The molecule has 24 heavy (non-hydrogen) atoms. The Balaban J connectivity index is 1.80. The number of hydrogen-bond donors (Lipinski definition) is 1. The number of esters is 1. The minimum Gasteiger partial charge on any atom is -0.452 e. The summed E-state index contributed by atoms with van der Waals surface area (Å²) in [5.74, 6) is -1.12. The number of benzene rings is 1. The predicted molar refractivity (Wildman–Crippen MR) is 86.1 cm³/mol. The van der Waals surface area contributed by atoms with Crippen molar-refractivity contribution in [1.29, 1.82) is 10.5 Å². The number of amides is 1. The predicted octanol–water partition coefficient (Wildman–Crippen LogP) is 2.07. The number of hydrogen-bond acceptors (Lipinski definition) is 5. The molecule has 1 fully saturated rings. The lowest BCUT2D eigenvalue weighted by molar-refractivity contribution is -0.144. The minimum absolute atomic E-state index is 0.417. The van der Waals surface area contributed by atoms with Crippen molar-refractivity contribution in [2.75, 3.05) is 6.61 Å². The molecule has 6 heteroatoms. The Morgan fingerprint density at radius 1 is 1.21 bits per heavy atom. The number of rotatable bonds is 5. The van der Waals surface area contributed by atoms with Crippen LogP contribution in [0.15, 0.2) is 30.3 Å². The number of nitriles is 2. The zero-order valence-corrected chi connectivity index (χ0v) is 13.1. The summed E-state index contributed by atoms with van der Waals surface area (Å²) in [4.78, 5) is 23.4. The van der Waals surface area contributed by atoms with Gasteiger partial charge in [0.05, 0.1) is 17.7 Å². The second kappa shape index (κ2) is 7.94. The summed E-state index contributed by atoms with van der Waals surface area (Å²) in [5, 5.41) is 20.5. The molecule has 0 spiro atoms. The summed E-state index contributed by atoms with van der Waals surface area (Å²) < 4.78 is 4.87. The number of carbonyl (C=O) groups excluding carboxylic acids is 2. The Hall–Kier alpha value is -3.12. The first-order valence-corrected chi connectivity index (χ1v) is 7.64. The first kappa shape index (κ1) is 17.2. The number of nitrogens with zero attached hydrogens (tertiary/aromatic N) is 2. The Morgan fingerprint density at radius 2 is 1.88 bits per heavy atom. The molecule has 0 bridgehead atoms.